The van der Waals surface area contributed by atoms with Crippen LogP contribution in [0.2, 0.25) is 0 Å². The summed E-state index contributed by atoms with van der Waals surface area (Å²) >= 11 is 0. The number of piperidine rings is 4. The van der Waals surface area contributed by atoms with Crippen LogP contribution in [0.25, 0.3) is 0 Å². The summed E-state index contributed by atoms with van der Waals surface area (Å²) < 4.78 is 121. The molecule has 53 nitrogen and oxygen atoms in total. The molecule has 0 aromatic carbocycles. The molecule has 4 amide bonds. The van der Waals surface area contributed by atoms with Crippen molar-refractivity contribution >= 4 is 99.6 Å². The van der Waals surface area contributed by atoms with Gasteiger partial charge in [-0.05, 0) is 218 Å². The molecule has 4 aliphatic rings. The minimum absolute atomic E-state index is 0. The van der Waals surface area contributed by atoms with Crippen LogP contribution in [0.5, 0.6) is 0 Å². The first-order chi connectivity index (χ1) is 57.5. The van der Waals surface area contributed by atoms with E-state index in [4.69, 9.17) is 19.4 Å². The van der Waals surface area contributed by atoms with Crippen LogP contribution in [0.4, 0.5) is 0 Å². The number of nitrogens with zero attached hydrogens (tertiary/aromatic N) is 7. The molecule has 0 aromatic heterocycles. The zero-order chi connectivity index (χ0) is 106. The molecule has 0 radical (unpaired) electrons. The molecular formula is C69H152N11NaO42P10. The second-order valence-corrected chi connectivity index (χ2v) is 60.0. The molecular weight excluding hydrogens is 1990 g/mol. The third-order valence-electron chi connectivity index (χ3n) is 20.0. The summed E-state index contributed by atoms with van der Waals surface area (Å²) in [4.78, 5) is 261. The van der Waals surface area contributed by atoms with E-state index in [9.17, 15) is 183 Å². The van der Waals surface area contributed by atoms with E-state index in [0.29, 0.717) is 0 Å². The van der Waals surface area contributed by atoms with Gasteiger partial charge in [-0.25, -0.2) is 0 Å². The van der Waals surface area contributed by atoms with Crippen LogP contribution in [-0.2, 0) is 84.2 Å². The first-order valence-electron chi connectivity index (χ1n) is 41.0. The Hall–Kier alpha value is -0.220. The van der Waals surface area contributed by atoms with Gasteiger partial charge in [0.1, 0.15) is 0 Å². The molecule has 2 unspecified atom stereocenters. The van der Waals surface area contributed by atoms with Gasteiger partial charge in [0.05, 0.1) is 48.8 Å². The summed E-state index contributed by atoms with van der Waals surface area (Å²) in [5, 5.41) is 59.4. The predicted molar refractivity (Wildman–Crippen MR) is 478 cm³/mol. The Labute approximate surface area is 799 Å². The monoisotopic (exact) mass is 2140 g/mol. The Morgan fingerprint density at radius 2 is 0.436 bits per heavy atom. The molecule has 4 fully saturated rings. The van der Waals surface area contributed by atoms with E-state index in [1.54, 1.807) is 83.1 Å². The molecule has 133 heavy (non-hydrogen) atoms. The van der Waals surface area contributed by atoms with Crippen molar-refractivity contribution in [2.75, 3.05) is 52.6 Å². The van der Waals surface area contributed by atoms with E-state index in [2.05, 4.69) is 132 Å². The first kappa shape index (κ1) is 135. The second-order valence-electron chi connectivity index (χ2n) is 41.4. The summed E-state index contributed by atoms with van der Waals surface area (Å²) in [5.74, 6) is 0.0276. The van der Waals surface area contributed by atoms with Crippen molar-refractivity contribution in [2.45, 2.75) is 364 Å². The zero-order valence-electron chi connectivity index (χ0n) is 81.2. The molecule has 2 atom stereocenters. The van der Waals surface area contributed by atoms with Gasteiger partial charge in [-0.1, -0.05) is 0 Å². The van der Waals surface area contributed by atoms with Crippen molar-refractivity contribution in [3.05, 3.63) is 0 Å². The quantitative estimate of drug-likeness (QED) is 0.0258. The molecule has 64 heteroatoms. The standard InChI is InChI=1S/4C15H30N2O3.C9H33N3O30P10.Na/c4*1-11(18)16-12-8-13(2,3)17(14(4,5)9-12)20-10-15(6,7)19;13-43(14,15)5(44(16,17)18)10(1-3-11(6(45(19,20)21)46(22,23)24)7(47(25,26)27)48(28,29)30)2-4-12(8(49(31,32)33)50(34,35)36)9(51(37,38)39)52(40,41)42;/h4*12,19H,8-10H2,1-7H3,(H,16,18);5-9H,1-4H2,(H2,13,14,15)(H2,16,17,18)(H2,19,20,21)(H2,22,23,24)(H2,25,26,27)(H2,28,29,30)(H2,31,32,33)(H2,34,35,36)(H2,37,38,39)(H2,40,41,42);/q;;;;;+1/p-1. The van der Waals surface area contributed by atoms with Crippen molar-refractivity contribution in [2.24, 2.45) is 0 Å². The van der Waals surface area contributed by atoms with E-state index in [0.717, 1.165) is 51.4 Å². The molecule has 0 bridgehead atoms. The van der Waals surface area contributed by atoms with E-state index in [-0.39, 0.29) is 148 Å². The van der Waals surface area contributed by atoms with Gasteiger partial charge in [0.25, 0.3) is 0 Å². The Bertz CT molecular complexity index is 3670. The summed E-state index contributed by atoms with van der Waals surface area (Å²) in [6.07, 6.45) is 6.57. The van der Waals surface area contributed by atoms with Crippen molar-refractivity contribution in [3.63, 3.8) is 0 Å². The fourth-order valence-corrected chi connectivity index (χ4v) is 32.4. The van der Waals surface area contributed by atoms with Gasteiger partial charge in [0, 0.05) is 122 Å². The Kier molecular flexibility index (Phi) is 49.1. The summed E-state index contributed by atoms with van der Waals surface area (Å²) in [6, 6.07) is 0.609. The smallest absolute Gasteiger partial charge is 0.777 e. The summed E-state index contributed by atoms with van der Waals surface area (Å²) in [6.45, 7) is 46.1. The van der Waals surface area contributed by atoms with Crippen LogP contribution in [-0.4, -0.2) is 343 Å². The maximum atomic E-state index is 12.2. The average molecular weight is 2140 g/mol. The van der Waals surface area contributed by atoms with Crippen molar-refractivity contribution in [1.29, 1.82) is 0 Å². The van der Waals surface area contributed by atoms with E-state index in [1.165, 1.54) is 0 Å². The molecule has 0 aromatic rings. The Morgan fingerprint density at radius 3 is 0.549 bits per heavy atom. The Morgan fingerprint density at radius 1 is 0.301 bits per heavy atom. The third kappa shape index (κ3) is 46.8. The molecule has 0 spiro atoms. The minimum atomic E-state index is -6.88. The van der Waals surface area contributed by atoms with Crippen LogP contribution < -0.4 is 55.7 Å². The van der Waals surface area contributed by atoms with Crippen molar-refractivity contribution in [1.82, 2.24) is 56.2 Å². The topological polar surface area (TPSA) is 835 Å². The number of rotatable bonds is 37. The van der Waals surface area contributed by atoms with Gasteiger partial charge in [0.2, 0.25) is 45.7 Å². The molecule has 4 heterocycles. The van der Waals surface area contributed by atoms with Gasteiger partial charge >= 0.3 is 97.9 Å². The first-order valence-corrected chi connectivity index (χ1v) is 57.8. The van der Waals surface area contributed by atoms with Gasteiger partial charge in [-0.15, -0.1) is 0 Å². The van der Waals surface area contributed by atoms with E-state index >= 15 is 0 Å². The molecule has 0 saturated carbocycles. The van der Waals surface area contributed by atoms with Crippen LogP contribution in [0.3, 0.4) is 0 Å². The number of aliphatic hydroxyl groups is 4. The number of hydrogen-bond donors (Lipinski definition) is 27. The fraction of sp³-hybridized carbons (Fsp3) is 0.942. The van der Waals surface area contributed by atoms with Crippen LogP contribution in [0.15, 0.2) is 0 Å². The number of nitrogens with one attached hydrogen (secondary N) is 4. The summed E-state index contributed by atoms with van der Waals surface area (Å²) in [5.41, 5.74) is -25.2. The number of amides is 4. The summed E-state index contributed by atoms with van der Waals surface area (Å²) in [7, 11) is -66.5. The van der Waals surface area contributed by atoms with E-state index < -0.39 is 167 Å². The molecule has 4 aliphatic heterocycles. The fourth-order valence-electron chi connectivity index (χ4n) is 17.4. The second kappa shape index (κ2) is 48.4. The van der Waals surface area contributed by atoms with Crippen LogP contribution in [0, 0.1) is 0 Å². The normalized spacial score (nSPS) is 21.0. The molecule has 27 N–H and O–H groups in total. The van der Waals surface area contributed by atoms with Gasteiger partial charge in [-0.3, -0.25) is 94.3 Å². The maximum absolute atomic E-state index is 12.2. The van der Waals surface area contributed by atoms with Crippen LogP contribution in [0.1, 0.15) is 245 Å². The molecule has 0 aliphatic carbocycles. The van der Waals surface area contributed by atoms with E-state index in [1.807, 2.05) is 20.3 Å². The number of hydroxylamine groups is 8. The Balaban J connectivity index is 0. The zero-order valence-corrected chi connectivity index (χ0v) is 92.1. The maximum Gasteiger partial charge on any atom is 1.00 e. The number of hydrogen-bond acceptors (Lipinski definition) is 30. The SMILES string of the molecule is CC(=O)NC1CC(C)(C)N(OCC(C)(C)O)C(C)(C)C1.CC(=O)NC1CC(C)(C)N(OCC(C)(C)O)C(C)(C)C1.CC(=O)NC1CC(C)(C)N(OCC(C)(C)O)C(C)(C)C1.CC(=O)NC1CC(C)(C)N(OCC(C)(C)O)C(C)(C)C1.O=P([O-])(O)C(N(CCN(CCN(C(P(=O)(O)O)P(=O)(O)O)C(P(=O)(O)O)P(=O)(O)O)C(P(=O)(O)O)P(=O)(O)O)C(P(=O)(O)O)P(=O)(O)O)P(=O)(O)O.[Na+]. The van der Waals surface area contributed by atoms with Crippen molar-refractivity contribution in [3.8, 4) is 0 Å². The molecule has 786 valence electrons. The van der Waals surface area contributed by atoms with Crippen LogP contribution >= 0.6 is 76.0 Å². The van der Waals surface area contributed by atoms with Crippen molar-refractivity contribution < 1.29 is 232 Å². The molecule has 4 rings (SSSR count). The van der Waals surface area contributed by atoms with Gasteiger partial charge < -0.3 is 144 Å². The number of carbonyl (C=O) groups is 4. The number of carbonyl (C=O) groups excluding carboxylic acids is 4. The van der Waals surface area contributed by atoms with Gasteiger partial charge in [0.15, 0.2) is 13.1 Å². The third-order valence-corrected chi connectivity index (χ3v) is 38.0. The predicted octanol–water partition coefficient (Wildman–Crippen LogP) is -1.15. The average Bonchev–Trinajstić information content (AvgIpc) is 0.725. The molecule has 4 saturated heterocycles. The largest absolute Gasteiger partial charge is 1.00 e. The minimum Gasteiger partial charge on any atom is -0.777 e. The van der Waals surface area contributed by atoms with Gasteiger partial charge in [-0.2, -0.15) is 20.3 Å².